The third-order valence-corrected chi connectivity index (χ3v) is 8.89. The molecule has 0 amide bonds. The fraction of sp³-hybridized carbons (Fsp3) is 0.138. The summed E-state index contributed by atoms with van der Waals surface area (Å²) in [5.41, 5.74) is 0.763. The average molecular weight is 613 g/mol. The number of benzene rings is 4. The van der Waals surface area contributed by atoms with Crippen molar-refractivity contribution in [3.63, 3.8) is 0 Å². The number of phenols is 4. The standard InChI is InChI=1S/C29H24O11S2/c30-14-15-4-18-6-16-2-1-3-17(26(16)31)7-20-10-24(41(35,36)37)12-22(28(20)33)9-23-13-25(42(38,39)40)11-21(29(23)34)8-19(5-15)27(18)32/h1-5,10-14,31-34H,6-9H2,(H,35,36,37)(H,38,39,40). The molecule has 0 fully saturated rings. The van der Waals surface area contributed by atoms with Crippen LogP contribution in [0.2, 0.25) is 0 Å². The molecule has 0 saturated carbocycles. The van der Waals surface area contributed by atoms with Gasteiger partial charge in [-0.2, -0.15) is 16.8 Å². The molecule has 0 radical (unpaired) electrons. The van der Waals surface area contributed by atoms with Crippen LogP contribution < -0.4 is 0 Å². The molecule has 0 spiro atoms. The highest BCUT2D eigenvalue weighted by molar-refractivity contribution is 7.86. The van der Waals surface area contributed by atoms with Crippen LogP contribution in [0.5, 0.6) is 23.0 Å². The summed E-state index contributed by atoms with van der Waals surface area (Å²) in [6, 6.07) is 11.4. The molecule has 0 heterocycles. The van der Waals surface area contributed by atoms with E-state index in [1.807, 2.05) is 0 Å². The number of hydrogen-bond donors (Lipinski definition) is 6. The maximum absolute atomic E-state index is 12.1. The van der Waals surface area contributed by atoms with E-state index in [1.165, 1.54) is 18.2 Å². The molecule has 0 aliphatic heterocycles. The van der Waals surface area contributed by atoms with Gasteiger partial charge in [0.15, 0.2) is 0 Å². The minimum absolute atomic E-state index is 0.0154. The molecular formula is C29H24O11S2. The van der Waals surface area contributed by atoms with E-state index in [0.29, 0.717) is 11.8 Å². The van der Waals surface area contributed by atoms with Crippen molar-refractivity contribution in [2.24, 2.45) is 0 Å². The molecule has 13 heteroatoms. The molecular weight excluding hydrogens is 588 g/mol. The van der Waals surface area contributed by atoms with Crippen LogP contribution in [0.1, 0.15) is 54.9 Å². The van der Waals surface area contributed by atoms with Gasteiger partial charge in [0, 0.05) is 53.5 Å². The van der Waals surface area contributed by atoms with E-state index >= 15 is 0 Å². The van der Waals surface area contributed by atoms with Gasteiger partial charge < -0.3 is 20.4 Å². The van der Waals surface area contributed by atoms with Crippen LogP contribution >= 0.6 is 0 Å². The number of aromatic hydroxyl groups is 4. The molecule has 218 valence electrons. The maximum atomic E-state index is 12.1. The summed E-state index contributed by atoms with van der Waals surface area (Å²) >= 11 is 0. The lowest BCUT2D eigenvalue weighted by atomic mass is 9.90. The summed E-state index contributed by atoms with van der Waals surface area (Å²) < 4.78 is 68.1. The zero-order valence-corrected chi connectivity index (χ0v) is 23.3. The first-order chi connectivity index (χ1) is 19.7. The van der Waals surface area contributed by atoms with Gasteiger partial charge >= 0.3 is 0 Å². The zero-order valence-electron chi connectivity index (χ0n) is 21.6. The van der Waals surface area contributed by atoms with Gasteiger partial charge in [0.25, 0.3) is 20.2 Å². The Morgan fingerprint density at radius 1 is 0.500 bits per heavy atom. The van der Waals surface area contributed by atoms with Crippen LogP contribution in [-0.4, -0.2) is 52.7 Å². The Morgan fingerprint density at radius 3 is 1.10 bits per heavy atom. The van der Waals surface area contributed by atoms with Crippen molar-refractivity contribution in [3.05, 3.63) is 105 Å². The predicted octanol–water partition coefficient (Wildman–Crippen LogP) is 3.49. The molecule has 0 saturated heterocycles. The minimum Gasteiger partial charge on any atom is -0.507 e. The molecule has 0 atom stereocenters. The molecule has 0 unspecified atom stereocenters. The molecule has 4 aromatic rings. The van der Waals surface area contributed by atoms with Gasteiger partial charge in [-0.3, -0.25) is 13.9 Å². The van der Waals surface area contributed by atoms with Crippen molar-refractivity contribution in [2.75, 3.05) is 0 Å². The van der Waals surface area contributed by atoms with E-state index in [4.69, 9.17) is 0 Å². The lowest BCUT2D eigenvalue weighted by molar-refractivity contribution is 0.112. The number of carbonyl (C=O) groups is 1. The normalized spacial score (nSPS) is 13.5. The zero-order chi connectivity index (χ0) is 30.6. The highest BCUT2D eigenvalue weighted by Crippen LogP contribution is 2.39. The van der Waals surface area contributed by atoms with E-state index in [9.17, 15) is 51.2 Å². The molecule has 4 aromatic carbocycles. The molecule has 0 aromatic heterocycles. The Morgan fingerprint density at radius 2 is 0.786 bits per heavy atom. The highest BCUT2D eigenvalue weighted by atomic mass is 32.2. The van der Waals surface area contributed by atoms with E-state index in [1.54, 1.807) is 12.1 Å². The number of hydrogen-bond acceptors (Lipinski definition) is 9. The molecule has 8 bridgehead atoms. The topological polar surface area (TPSA) is 207 Å². The number of rotatable bonds is 3. The van der Waals surface area contributed by atoms with Gasteiger partial charge in [-0.1, -0.05) is 18.2 Å². The number of fused-ring (bicyclic) bond motifs is 8. The van der Waals surface area contributed by atoms with Gasteiger partial charge in [-0.25, -0.2) is 0 Å². The SMILES string of the molecule is O=Cc1cc2c(O)c(c1)Cc1cc(S(=O)(=O)O)cc(c1O)Cc1cc(S(=O)(=O)O)cc(c1O)Cc1cccc(c1O)C2. The van der Waals surface area contributed by atoms with Crippen LogP contribution in [0.3, 0.4) is 0 Å². The molecule has 42 heavy (non-hydrogen) atoms. The largest absolute Gasteiger partial charge is 0.507 e. The Kier molecular flexibility index (Phi) is 7.23. The Balaban J connectivity index is 1.85. The Hall–Kier alpha value is -4.43. The van der Waals surface area contributed by atoms with E-state index in [-0.39, 0.29) is 75.3 Å². The monoisotopic (exact) mass is 612 g/mol. The molecule has 5 rings (SSSR count). The smallest absolute Gasteiger partial charge is 0.294 e. The predicted molar refractivity (Wildman–Crippen MR) is 149 cm³/mol. The van der Waals surface area contributed by atoms with Crippen LogP contribution in [0.4, 0.5) is 0 Å². The van der Waals surface area contributed by atoms with Gasteiger partial charge in [0.2, 0.25) is 0 Å². The molecule has 1 aliphatic rings. The second kappa shape index (κ2) is 10.4. The van der Waals surface area contributed by atoms with Crippen molar-refractivity contribution < 1.29 is 51.2 Å². The maximum Gasteiger partial charge on any atom is 0.294 e. The van der Waals surface area contributed by atoms with E-state index in [2.05, 4.69) is 0 Å². The number of phenolic OH excluding ortho intramolecular Hbond substituents is 4. The minimum atomic E-state index is -4.83. The fourth-order valence-electron chi connectivity index (χ4n) is 5.17. The fourth-order valence-corrected chi connectivity index (χ4v) is 6.33. The lowest BCUT2D eigenvalue weighted by Crippen LogP contribution is -2.06. The number of carbonyl (C=O) groups excluding carboxylic acids is 1. The summed E-state index contributed by atoms with van der Waals surface area (Å²) in [6.07, 6.45) is -0.497. The van der Waals surface area contributed by atoms with Crippen molar-refractivity contribution >= 4 is 26.5 Å². The average Bonchev–Trinajstić information content (AvgIpc) is 2.90. The van der Waals surface area contributed by atoms with Crippen LogP contribution in [-0.2, 0) is 45.9 Å². The third-order valence-electron chi connectivity index (χ3n) is 7.23. The summed E-state index contributed by atoms with van der Waals surface area (Å²) in [5, 5.41) is 44.6. The summed E-state index contributed by atoms with van der Waals surface area (Å²) in [7, 11) is -9.62. The highest BCUT2D eigenvalue weighted by Gasteiger charge is 2.24. The molecule has 1 aliphatic carbocycles. The first-order valence-electron chi connectivity index (χ1n) is 12.4. The Bertz CT molecular complexity index is 2000. The van der Waals surface area contributed by atoms with Gasteiger partial charge in [-0.15, -0.1) is 0 Å². The molecule has 6 N–H and O–H groups in total. The van der Waals surface area contributed by atoms with Crippen molar-refractivity contribution in [1.29, 1.82) is 0 Å². The second-order valence-electron chi connectivity index (χ2n) is 10.1. The van der Waals surface area contributed by atoms with Crippen LogP contribution in [0, 0.1) is 0 Å². The quantitative estimate of drug-likeness (QED) is 0.128. The van der Waals surface area contributed by atoms with Gasteiger partial charge in [-0.05, 0) is 58.7 Å². The number of aldehydes is 1. The van der Waals surface area contributed by atoms with Gasteiger partial charge in [0.1, 0.15) is 29.3 Å². The van der Waals surface area contributed by atoms with Crippen molar-refractivity contribution in [1.82, 2.24) is 0 Å². The first-order valence-corrected chi connectivity index (χ1v) is 15.3. The Labute approximate surface area is 240 Å². The van der Waals surface area contributed by atoms with Crippen LogP contribution in [0.25, 0.3) is 0 Å². The van der Waals surface area contributed by atoms with E-state index < -0.39 is 47.9 Å². The third kappa shape index (κ3) is 5.54. The summed E-state index contributed by atoms with van der Waals surface area (Å²) in [6.45, 7) is 0. The summed E-state index contributed by atoms with van der Waals surface area (Å²) in [4.78, 5) is 10.5. The number of para-hydroxylation sites is 1. The lowest BCUT2D eigenvalue weighted by Gasteiger charge is -2.18. The summed E-state index contributed by atoms with van der Waals surface area (Å²) in [5.74, 6) is -1.39. The van der Waals surface area contributed by atoms with Crippen LogP contribution in [0.15, 0.2) is 64.4 Å². The van der Waals surface area contributed by atoms with Gasteiger partial charge in [0.05, 0.1) is 9.79 Å². The second-order valence-corrected chi connectivity index (χ2v) is 12.9. The first kappa shape index (κ1) is 29.1. The van der Waals surface area contributed by atoms with E-state index in [0.717, 1.165) is 24.3 Å². The molecule has 11 nitrogen and oxygen atoms in total. The van der Waals surface area contributed by atoms with Crippen molar-refractivity contribution in [3.8, 4) is 23.0 Å². The van der Waals surface area contributed by atoms with Crippen molar-refractivity contribution in [2.45, 2.75) is 35.5 Å².